The van der Waals surface area contributed by atoms with Crippen LogP contribution in [0.3, 0.4) is 0 Å². The van der Waals surface area contributed by atoms with Crippen LogP contribution in [0.5, 0.6) is 11.6 Å². The highest BCUT2D eigenvalue weighted by Gasteiger charge is 2.53. The smallest absolute Gasteiger partial charge is 0.408 e. The summed E-state index contributed by atoms with van der Waals surface area (Å²) in [5.74, 6) is 0.289. The lowest BCUT2D eigenvalue weighted by atomic mass is 9.99. The van der Waals surface area contributed by atoms with Crippen LogP contribution in [-0.4, -0.2) is 53.2 Å². The summed E-state index contributed by atoms with van der Waals surface area (Å²) in [7, 11) is 4.40. The topological polar surface area (TPSA) is 91.6 Å². The number of anilines is 1. The number of carbonyl (C=O) groups is 1. The van der Waals surface area contributed by atoms with E-state index in [1.807, 2.05) is 0 Å². The fraction of sp³-hybridized carbons (Fsp3) is 0.391. The number of aromatic nitrogens is 4. The number of alkyl halides is 3. The van der Waals surface area contributed by atoms with Crippen LogP contribution < -0.4 is 14.4 Å². The van der Waals surface area contributed by atoms with E-state index in [1.54, 1.807) is 32.2 Å². The van der Waals surface area contributed by atoms with E-state index in [0.717, 1.165) is 4.68 Å². The molecule has 0 N–H and O–H groups in total. The Bertz CT molecular complexity index is 1270. The Labute approximate surface area is 199 Å². The maximum absolute atomic E-state index is 13.6. The lowest BCUT2D eigenvalue weighted by Crippen LogP contribution is -2.45. The molecule has 0 aliphatic carbocycles. The van der Waals surface area contributed by atoms with Crippen LogP contribution in [0.1, 0.15) is 35.0 Å². The largest absolute Gasteiger partial charge is 0.491 e. The SMILES string of the molecule is CC[C@]1(OC)c2nc(-c3cnc(OC)c(OC)c3)cc(C)c2C(=O)N1c1cnn(CC(F)(F)F)c1. The Morgan fingerprint density at radius 3 is 2.46 bits per heavy atom. The van der Waals surface area contributed by atoms with Gasteiger partial charge in [0.2, 0.25) is 0 Å². The number of ether oxygens (including phenoxy) is 3. The molecule has 0 aromatic carbocycles. The van der Waals surface area contributed by atoms with Gasteiger partial charge in [-0.1, -0.05) is 6.92 Å². The molecule has 4 heterocycles. The number of nitrogens with zero attached hydrogens (tertiary/aromatic N) is 5. The van der Waals surface area contributed by atoms with Gasteiger partial charge in [-0.25, -0.2) is 9.97 Å². The van der Waals surface area contributed by atoms with Gasteiger partial charge in [-0.2, -0.15) is 18.3 Å². The van der Waals surface area contributed by atoms with E-state index < -0.39 is 24.4 Å². The first-order valence-electron chi connectivity index (χ1n) is 10.7. The highest BCUT2D eigenvalue weighted by molar-refractivity contribution is 6.12. The van der Waals surface area contributed by atoms with Crippen LogP contribution >= 0.6 is 0 Å². The van der Waals surface area contributed by atoms with E-state index in [9.17, 15) is 18.0 Å². The summed E-state index contributed by atoms with van der Waals surface area (Å²) in [6, 6.07) is 3.46. The van der Waals surface area contributed by atoms with Crippen molar-refractivity contribution in [3.63, 3.8) is 0 Å². The number of hydrogen-bond donors (Lipinski definition) is 0. The van der Waals surface area contributed by atoms with Crippen molar-refractivity contribution in [2.24, 2.45) is 0 Å². The van der Waals surface area contributed by atoms with Gasteiger partial charge in [-0.15, -0.1) is 0 Å². The summed E-state index contributed by atoms with van der Waals surface area (Å²) in [4.78, 5) is 23.9. The molecule has 1 amide bonds. The Balaban J connectivity index is 1.84. The number of rotatable bonds is 7. The second-order valence-electron chi connectivity index (χ2n) is 7.98. The highest BCUT2D eigenvalue weighted by atomic mass is 19.4. The third-order valence-corrected chi connectivity index (χ3v) is 5.93. The summed E-state index contributed by atoms with van der Waals surface area (Å²) in [6.45, 7) is 2.30. The fourth-order valence-corrected chi connectivity index (χ4v) is 4.35. The van der Waals surface area contributed by atoms with Crippen molar-refractivity contribution >= 4 is 11.6 Å². The van der Waals surface area contributed by atoms with Gasteiger partial charge in [0.15, 0.2) is 11.5 Å². The number of pyridine rings is 2. The van der Waals surface area contributed by atoms with Crippen LogP contribution in [-0.2, 0) is 17.0 Å². The number of aryl methyl sites for hydroxylation is 1. The van der Waals surface area contributed by atoms with Gasteiger partial charge in [0.05, 0.1) is 37.4 Å². The fourth-order valence-electron chi connectivity index (χ4n) is 4.35. The minimum absolute atomic E-state index is 0.176. The van der Waals surface area contributed by atoms with Crippen molar-refractivity contribution in [3.05, 3.63) is 47.5 Å². The van der Waals surface area contributed by atoms with Crippen molar-refractivity contribution < 1.29 is 32.2 Å². The molecule has 1 atom stereocenters. The highest BCUT2D eigenvalue weighted by Crippen LogP contribution is 2.46. The standard InChI is InChI=1S/C23H24F3N5O4/c1-6-22(35-5)19-18(21(32)31(22)15-10-28-30(11-15)12-23(24,25)26)13(2)7-16(29-19)14-8-17(33-3)20(34-4)27-9-14/h7-11H,6,12H2,1-5H3/t22-/m0/s1. The van der Waals surface area contributed by atoms with Gasteiger partial charge in [0, 0.05) is 25.1 Å². The second kappa shape index (κ2) is 8.84. The van der Waals surface area contributed by atoms with Crippen molar-refractivity contribution in [2.75, 3.05) is 26.2 Å². The molecular formula is C23H24F3N5O4. The zero-order valence-corrected chi connectivity index (χ0v) is 19.8. The van der Waals surface area contributed by atoms with Gasteiger partial charge in [-0.3, -0.25) is 14.4 Å². The van der Waals surface area contributed by atoms with Crippen molar-refractivity contribution in [1.82, 2.24) is 19.7 Å². The number of amides is 1. The minimum atomic E-state index is -4.45. The first-order valence-corrected chi connectivity index (χ1v) is 10.7. The molecule has 0 radical (unpaired) electrons. The summed E-state index contributed by atoms with van der Waals surface area (Å²) >= 11 is 0. The van der Waals surface area contributed by atoms with Crippen molar-refractivity contribution in [1.29, 1.82) is 0 Å². The Morgan fingerprint density at radius 2 is 1.86 bits per heavy atom. The molecule has 0 saturated carbocycles. The summed E-state index contributed by atoms with van der Waals surface area (Å²) in [5, 5.41) is 3.79. The molecule has 0 saturated heterocycles. The van der Waals surface area contributed by atoms with Gasteiger partial charge >= 0.3 is 6.18 Å². The molecule has 4 rings (SSSR count). The van der Waals surface area contributed by atoms with Gasteiger partial charge < -0.3 is 14.2 Å². The molecule has 186 valence electrons. The maximum atomic E-state index is 13.6. The summed E-state index contributed by atoms with van der Waals surface area (Å²) in [5.41, 5.74) is 1.30. The molecule has 12 heteroatoms. The van der Waals surface area contributed by atoms with Crippen LogP contribution in [0.2, 0.25) is 0 Å². The predicted octanol–water partition coefficient (Wildman–Crippen LogP) is 4.10. The molecule has 0 spiro atoms. The normalized spacial score (nSPS) is 17.6. The van der Waals surface area contributed by atoms with Gasteiger partial charge in [0.25, 0.3) is 11.8 Å². The number of carbonyl (C=O) groups excluding carboxylic acids is 1. The predicted molar refractivity (Wildman–Crippen MR) is 119 cm³/mol. The van der Waals surface area contributed by atoms with E-state index in [2.05, 4.69) is 10.1 Å². The summed E-state index contributed by atoms with van der Waals surface area (Å²) in [6.07, 6.45) is -0.202. The Hall–Kier alpha value is -3.67. The monoisotopic (exact) mass is 491 g/mol. The zero-order valence-electron chi connectivity index (χ0n) is 19.8. The lowest BCUT2D eigenvalue weighted by molar-refractivity contribution is -0.142. The number of hydrogen-bond acceptors (Lipinski definition) is 7. The molecular weight excluding hydrogens is 467 g/mol. The van der Waals surface area contributed by atoms with E-state index >= 15 is 0 Å². The lowest BCUT2D eigenvalue weighted by Gasteiger charge is -2.35. The van der Waals surface area contributed by atoms with Gasteiger partial charge in [0.1, 0.15) is 12.2 Å². The Kier molecular flexibility index (Phi) is 6.18. The molecule has 0 unspecified atom stereocenters. The van der Waals surface area contributed by atoms with Crippen molar-refractivity contribution in [3.8, 4) is 22.9 Å². The Morgan fingerprint density at radius 1 is 1.11 bits per heavy atom. The zero-order chi connectivity index (χ0) is 25.5. The van der Waals surface area contributed by atoms with Crippen LogP contribution in [0, 0.1) is 6.92 Å². The number of methoxy groups -OCH3 is 3. The third-order valence-electron chi connectivity index (χ3n) is 5.93. The number of fused-ring (bicyclic) bond motifs is 1. The van der Waals surface area contributed by atoms with E-state index in [1.165, 1.54) is 38.6 Å². The molecule has 35 heavy (non-hydrogen) atoms. The number of halogens is 3. The third kappa shape index (κ3) is 4.07. The van der Waals surface area contributed by atoms with Crippen LogP contribution in [0.4, 0.5) is 18.9 Å². The summed E-state index contributed by atoms with van der Waals surface area (Å²) < 4.78 is 55.7. The second-order valence-corrected chi connectivity index (χ2v) is 7.98. The molecule has 3 aromatic heterocycles. The minimum Gasteiger partial charge on any atom is -0.491 e. The molecule has 9 nitrogen and oxygen atoms in total. The average Bonchev–Trinajstić information content (AvgIpc) is 3.36. The van der Waals surface area contributed by atoms with E-state index in [0.29, 0.717) is 39.7 Å². The van der Waals surface area contributed by atoms with Crippen molar-refractivity contribution in [2.45, 2.75) is 38.7 Å². The quantitative estimate of drug-likeness (QED) is 0.492. The van der Waals surface area contributed by atoms with Gasteiger partial charge in [-0.05, 0) is 31.0 Å². The molecule has 0 bridgehead atoms. The first-order chi connectivity index (χ1) is 16.6. The van der Waals surface area contributed by atoms with E-state index in [4.69, 9.17) is 19.2 Å². The van der Waals surface area contributed by atoms with Crippen LogP contribution in [0.15, 0.2) is 30.7 Å². The molecule has 0 fully saturated rings. The van der Waals surface area contributed by atoms with E-state index in [-0.39, 0.29) is 12.1 Å². The molecule has 3 aromatic rings. The first kappa shape index (κ1) is 24.5. The maximum Gasteiger partial charge on any atom is 0.408 e. The average molecular weight is 491 g/mol. The molecule has 1 aliphatic rings. The van der Waals surface area contributed by atoms with Crippen LogP contribution in [0.25, 0.3) is 11.3 Å². The molecule has 1 aliphatic heterocycles.